The maximum atomic E-state index is 9.06. The Kier molecular flexibility index (Phi) is 5.36. The van der Waals surface area contributed by atoms with E-state index in [0.29, 0.717) is 29.2 Å². The molecule has 0 aliphatic rings. The van der Waals surface area contributed by atoms with E-state index in [0.717, 1.165) is 24.0 Å². The Balaban J connectivity index is 2.10. The monoisotopic (exact) mass is 316 g/mol. The fraction of sp³-hybridized carbons (Fsp3) is 0.353. The van der Waals surface area contributed by atoms with Crippen molar-refractivity contribution in [3.63, 3.8) is 0 Å². The Morgan fingerprint density at radius 1 is 1.09 bits per heavy atom. The van der Waals surface area contributed by atoms with Gasteiger partial charge in [0.2, 0.25) is 11.6 Å². The standard InChI is InChI=1S/C17H20N2O4/c1-20-14-7-11(8-15(21-2)16(14)22-3)5-4-6-12-10-23-17(19)13(12)9-18/h7-8,10H,4-6,19H2,1-3H3. The predicted molar refractivity (Wildman–Crippen MR) is 86.0 cm³/mol. The highest BCUT2D eigenvalue weighted by molar-refractivity contribution is 5.54. The lowest BCUT2D eigenvalue weighted by molar-refractivity contribution is 0.323. The molecule has 2 N–H and O–H groups in total. The topological polar surface area (TPSA) is 90.6 Å². The molecule has 0 spiro atoms. The average Bonchev–Trinajstić information content (AvgIpc) is 2.93. The van der Waals surface area contributed by atoms with E-state index >= 15 is 0 Å². The summed E-state index contributed by atoms with van der Waals surface area (Å²) in [6.45, 7) is 0. The Hall–Kier alpha value is -2.81. The van der Waals surface area contributed by atoms with Crippen molar-refractivity contribution in [3.05, 3.63) is 35.1 Å². The summed E-state index contributed by atoms with van der Waals surface area (Å²) in [4.78, 5) is 0. The number of hydrogen-bond acceptors (Lipinski definition) is 6. The summed E-state index contributed by atoms with van der Waals surface area (Å²) < 4.78 is 21.1. The molecule has 6 nitrogen and oxygen atoms in total. The number of nitrogen functional groups attached to an aromatic ring is 1. The number of furan rings is 1. The summed E-state index contributed by atoms with van der Waals surface area (Å²) in [5.74, 6) is 2.02. The van der Waals surface area contributed by atoms with Crippen LogP contribution in [0.3, 0.4) is 0 Å². The molecule has 1 heterocycles. The van der Waals surface area contributed by atoms with E-state index in [1.807, 2.05) is 12.1 Å². The lowest BCUT2D eigenvalue weighted by atomic mass is 10.0. The molecule has 2 aromatic rings. The molecule has 1 aromatic carbocycles. The summed E-state index contributed by atoms with van der Waals surface area (Å²) >= 11 is 0. The van der Waals surface area contributed by atoms with E-state index in [2.05, 4.69) is 6.07 Å². The smallest absolute Gasteiger partial charge is 0.208 e. The molecule has 1 aromatic heterocycles. The first kappa shape index (κ1) is 16.6. The van der Waals surface area contributed by atoms with Gasteiger partial charge in [0.15, 0.2) is 11.5 Å². The first-order valence-electron chi connectivity index (χ1n) is 7.19. The molecule has 0 saturated carbocycles. The van der Waals surface area contributed by atoms with Gasteiger partial charge in [-0.15, -0.1) is 0 Å². The quantitative estimate of drug-likeness (QED) is 0.844. The third-order valence-electron chi connectivity index (χ3n) is 3.64. The van der Waals surface area contributed by atoms with Crippen LogP contribution >= 0.6 is 0 Å². The number of rotatable bonds is 7. The molecule has 0 aliphatic heterocycles. The van der Waals surface area contributed by atoms with Crippen molar-refractivity contribution in [2.45, 2.75) is 19.3 Å². The summed E-state index contributed by atoms with van der Waals surface area (Å²) in [5.41, 5.74) is 7.93. The summed E-state index contributed by atoms with van der Waals surface area (Å²) in [5, 5.41) is 9.06. The number of hydrogen-bond donors (Lipinski definition) is 1. The van der Waals surface area contributed by atoms with Crippen LogP contribution in [0.25, 0.3) is 0 Å². The van der Waals surface area contributed by atoms with Gasteiger partial charge in [-0.3, -0.25) is 0 Å². The van der Waals surface area contributed by atoms with E-state index < -0.39 is 0 Å². The maximum Gasteiger partial charge on any atom is 0.208 e. The minimum absolute atomic E-state index is 0.176. The first-order chi connectivity index (χ1) is 11.1. The molecule has 23 heavy (non-hydrogen) atoms. The highest BCUT2D eigenvalue weighted by atomic mass is 16.5. The SMILES string of the molecule is COc1cc(CCCc2coc(N)c2C#N)cc(OC)c1OC. The van der Waals surface area contributed by atoms with Crippen LogP contribution in [0.5, 0.6) is 17.2 Å². The number of benzene rings is 1. The fourth-order valence-corrected chi connectivity index (χ4v) is 2.48. The van der Waals surface area contributed by atoms with Crippen LogP contribution in [0.2, 0.25) is 0 Å². The summed E-state index contributed by atoms with van der Waals surface area (Å²) in [6, 6.07) is 5.92. The second-order valence-electron chi connectivity index (χ2n) is 5.00. The van der Waals surface area contributed by atoms with Crippen LogP contribution in [-0.2, 0) is 12.8 Å². The van der Waals surface area contributed by atoms with Crippen molar-refractivity contribution in [3.8, 4) is 23.3 Å². The number of methoxy groups -OCH3 is 3. The molecule has 0 radical (unpaired) electrons. The van der Waals surface area contributed by atoms with E-state index in [1.54, 1.807) is 27.6 Å². The van der Waals surface area contributed by atoms with Gasteiger partial charge in [-0.05, 0) is 37.0 Å². The van der Waals surface area contributed by atoms with Crippen molar-refractivity contribution < 1.29 is 18.6 Å². The molecule has 2 rings (SSSR count). The molecule has 0 atom stereocenters. The van der Waals surface area contributed by atoms with E-state index in [9.17, 15) is 0 Å². The van der Waals surface area contributed by atoms with E-state index in [-0.39, 0.29) is 5.88 Å². The summed E-state index contributed by atoms with van der Waals surface area (Å²) in [6.07, 6.45) is 3.89. The van der Waals surface area contributed by atoms with Gasteiger partial charge in [0.25, 0.3) is 0 Å². The van der Waals surface area contributed by atoms with Crippen LogP contribution in [0.15, 0.2) is 22.8 Å². The van der Waals surface area contributed by atoms with Crippen molar-refractivity contribution >= 4 is 5.88 Å². The molecule has 0 fully saturated rings. The first-order valence-corrected chi connectivity index (χ1v) is 7.19. The zero-order valence-corrected chi connectivity index (χ0v) is 13.5. The van der Waals surface area contributed by atoms with Gasteiger partial charge in [-0.1, -0.05) is 0 Å². The van der Waals surface area contributed by atoms with Gasteiger partial charge in [-0.2, -0.15) is 5.26 Å². The van der Waals surface area contributed by atoms with Crippen molar-refractivity contribution in [2.75, 3.05) is 27.1 Å². The number of nitriles is 1. The van der Waals surface area contributed by atoms with Gasteiger partial charge in [0.05, 0.1) is 27.6 Å². The Bertz CT molecular complexity index is 691. The highest BCUT2D eigenvalue weighted by Gasteiger charge is 2.14. The van der Waals surface area contributed by atoms with E-state index in [1.165, 1.54) is 0 Å². The maximum absolute atomic E-state index is 9.06. The van der Waals surface area contributed by atoms with Gasteiger partial charge < -0.3 is 24.4 Å². The Morgan fingerprint density at radius 3 is 2.26 bits per heavy atom. The molecule has 122 valence electrons. The van der Waals surface area contributed by atoms with Gasteiger partial charge in [-0.25, -0.2) is 0 Å². The highest BCUT2D eigenvalue weighted by Crippen LogP contribution is 2.38. The van der Waals surface area contributed by atoms with Crippen molar-refractivity contribution in [1.29, 1.82) is 5.26 Å². The number of anilines is 1. The number of nitrogens with two attached hydrogens (primary N) is 1. The largest absolute Gasteiger partial charge is 0.493 e. The van der Waals surface area contributed by atoms with Crippen molar-refractivity contribution in [2.24, 2.45) is 0 Å². The Morgan fingerprint density at radius 2 is 1.74 bits per heavy atom. The molecular formula is C17H20N2O4. The molecular weight excluding hydrogens is 296 g/mol. The van der Waals surface area contributed by atoms with Crippen LogP contribution in [-0.4, -0.2) is 21.3 Å². The second kappa shape index (κ2) is 7.45. The third kappa shape index (κ3) is 3.51. The Labute approximate surface area is 135 Å². The lowest BCUT2D eigenvalue weighted by Crippen LogP contribution is -1.98. The second-order valence-corrected chi connectivity index (χ2v) is 5.00. The number of nitrogens with zero attached hydrogens (tertiary/aromatic N) is 1. The van der Waals surface area contributed by atoms with Gasteiger partial charge in [0.1, 0.15) is 11.6 Å². The van der Waals surface area contributed by atoms with Gasteiger partial charge in [0, 0.05) is 5.56 Å². The van der Waals surface area contributed by atoms with E-state index in [4.69, 9.17) is 29.6 Å². The van der Waals surface area contributed by atoms with Crippen molar-refractivity contribution in [1.82, 2.24) is 0 Å². The third-order valence-corrected chi connectivity index (χ3v) is 3.64. The van der Waals surface area contributed by atoms with Crippen LogP contribution in [0, 0.1) is 11.3 Å². The minimum Gasteiger partial charge on any atom is -0.493 e. The minimum atomic E-state index is 0.176. The molecule has 0 bridgehead atoms. The van der Waals surface area contributed by atoms with Crippen LogP contribution in [0.4, 0.5) is 5.88 Å². The lowest BCUT2D eigenvalue weighted by Gasteiger charge is -2.14. The molecule has 0 amide bonds. The average molecular weight is 316 g/mol. The normalized spacial score (nSPS) is 10.2. The molecule has 0 aliphatic carbocycles. The van der Waals surface area contributed by atoms with Crippen LogP contribution in [0.1, 0.15) is 23.1 Å². The van der Waals surface area contributed by atoms with Gasteiger partial charge >= 0.3 is 0 Å². The molecule has 6 heteroatoms. The zero-order valence-electron chi connectivity index (χ0n) is 13.5. The molecule has 0 saturated heterocycles. The predicted octanol–water partition coefficient (Wildman–Crippen LogP) is 2.93. The zero-order chi connectivity index (χ0) is 16.8. The number of aryl methyl sites for hydroxylation is 2. The molecule has 0 unspecified atom stereocenters. The summed E-state index contributed by atoms with van der Waals surface area (Å²) in [7, 11) is 4.76. The fourth-order valence-electron chi connectivity index (χ4n) is 2.48. The number of ether oxygens (including phenoxy) is 3. The van der Waals surface area contributed by atoms with Crippen LogP contribution < -0.4 is 19.9 Å².